The first-order valence-corrected chi connectivity index (χ1v) is 23.7. The van der Waals surface area contributed by atoms with Crippen molar-refractivity contribution < 1.29 is 4.39 Å². The summed E-state index contributed by atoms with van der Waals surface area (Å²) in [6.07, 6.45) is 17.7. The number of nitrogens with one attached hydrogen (secondary N) is 2. The number of hydrogen-bond acceptors (Lipinski definition) is 3. The Morgan fingerprint density at radius 1 is 0.862 bits per heavy atom. The molecule has 4 rings (SSSR count). The van der Waals surface area contributed by atoms with Crippen molar-refractivity contribution in [3.63, 3.8) is 0 Å². The van der Waals surface area contributed by atoms with Gasteiger partial charge < -0.3 is 15.2 Å². The molecule has 0 radical (unpaired) electrons. The smallest absolute Gasteiger partial charge is 0.123 e. The maximum atomic E-state index is 12.9. The van der Waals surface area contributed by atoms with E-state index in [-0.39, 0.29) is 11.9 Å². The molecule has 0 saturated heterocycles. The molecule has 2 N–H and O–H groups in total. The number of imidazole rings is 1. The molecule has 0 aliphatic heterocycles. The van der Waals surface area contributed by atoms with Crippen LogP contribution in [0.3, 0.4) is 0 Å². The van der Waals surface area contributed by atoms with Crippen LogP contribution >= 0.6 is 0 Å². The van der Waals surface area contributed by atoms with Crippen molar-refractivity contribution in [2.45, 2.75) is 153 Å². The summed E-state index contributed by atoms with van der Waals surface area (Å²) in [6.45, 7) is 48.5. The zero-order chi connectivity index (χ0) is 50.2. The number of aromatic nitrogens is 2. The maximum absolute atomic E-state index is 12.9. The van der Waals surface area contributed by atoms with Crippen LogP contribution in [0, 0.1) is 24.1 Å². The number of benzene rings is 3. The minimum atomic E-state index is -0.195. The molecule has 1 aromatic heterocycles. The van der Waals surface area contributed by atoms with E-state index in [4.69, 9.17) is 0 Å². The highest BCUT2D eigenvalue weighted by Crippen LogP contribution is 2.30. The standard InChI is InChI=1S/C19H30N2.C16H21F.C13H14N2.C5H12.C3H6.C2H6.C2H4/c1-6-18(16(4)20-5)21-19(15(2)3)14-10-13-17-11-8-7-9-12-17;1-4-7-13(8-5-2)16(6-3)14-9-11-15(17)12-10-14;1-3-13(12-7-5-4-6-8-12)15-9-11(2)14-10-15;1-5(2,3)4;1-3-2;2*1-2/h6-9,11-12,16,19-21H,2,10,13-14H2,1,3-5H3;9-13H,3-5,7-8H2,1-2H3;3-10,13H,1H2,2H3;1-4H3;3H,1H2,2H3;1-2H3;1-2H2/b18-6+;;;;;;. The Bertz CT molecular complexity index is 1830. The molecule has 3 unspecified atom stereocenters. The molecule has 0 bridgehead atoms. The first-order valence-electron chi connectivity index (χ1n) is 23.7. The summed E-state index contributed by atoms with van der Waals surface area (Å²) in [5.41, 5.74) is 11.8. The molecule has 0 aliphatic rings. The number of nitrogens with zero attached hydrogens (tertiary/aromatic N) is 2. The minimum Gasteiger partial charge on any atom is -0.381 e. The first kappa shape index (κ1) is 64.1. The van der Waals surface area contributed by atoms with E-state index in [1.807, 2.05) is 83.7 Å². The summed E-state index contributed by atoms with van der Waals surface area (Å²) in [5.74, 6) is 0.299. The van der Waals surface area contributed by atoms with Gasteiger partial charge in [-0.1, -0.05) is 178 Å². The summed E-state index contributed by atoms with van der Waals surface area (Å²) in [4.78, 5) is 4.23. The van der Waals surface area contributed by atoms with Crippen molar-refractivity contribution in [3.05, 3.63) is 200 Å². The molecule has 1 heterocycles. The molecule has 65 heavy (non-hydrogen) atoms. The van der Waals surface area contributed by atoms with E-state index in [1.54, 1.807) is 6.08 Å². The number of likely N-dealkylation sites (N-methyl/N-ethyl adjacent to an activating group) is 1. The highest BCUT2D eigenvalue weighted by atomic mass is 19.1. The highest BCUT2D eigenvalue weighted by Gasteiger charge is 2.15. The average molecular weight is 889 g/mol. The van der Waals surface area contributed by atoms with E-state index in [0.717, 1.165) is 55.4 Å². The maximum Gasteiger partial charge on any atom is 0.123 e. The van der Waals surface area contributed by atoms with Gasteiger partial charge in [0, 0.05) is 29.6 Å². The second kappa shape index (κ2) is 40.3. The second-order valence-corrected chi connectivity index (χ2v) is 17.0. The van der Waals surface area contributed by atoms with Crippen LogP contribution < -0.4 is 10.6 Å². The largest absolute Gasteiger partial charge is 0.381 e. The van der Waals surface area contributed by atoms with Crippen LogP contribution in [0.15, 0.2) is 172 Å². The van der Waals surface area contributed by atoms with Gasteiger partial charge in [0.15, 0.2) is 0 Å². The summed E-state index contributed by atoms with van der Waals surface area (Å²) >= 11 is 0. The van der Waals surface area contributed by atoms with Crippen LogP contribution in [-0.2, 0) is 6.42 Å². The molecule has 0 fully saturated rings. The molecule has 3 atom stereocenters. The number of hydrogen-bond donors (Lipinski definition) is 2. The van der Waals surface area contributed by atoms with E-state index < -0.39 is 0 Å². The molecule has 0 spiro atoms. The summed E-state index contributed by atoms with van der Waals surface area (Å²) in [6, 6.07) is 28.5. The summed E-state index contributed by atoms with van der Waals surface area (Å²) in [5, 5.41) is 6.92. The fourth-order valence-corrected chi connectivity index (χ4v) is 6.33. The van der Waals surface area contributed by atoms with Gasteiger partial charge in [-0.15, -0.1) is 32.0 Å². The summed E-state index contributed by atoms with van der Waals surface area (Å²) < 4.78 is 15.0. The lowest BCUT2D eigenvalue weighted by Gasteiger charge is -2.25. The quantitative estimate of drug-likeness (QED) is 0.0773. The van der Waals surface area contributed by atoms with Gasteiger partial charge in [0.25, 0.3) is 0 Å². The van der Waals surface area contributed by atoms with E-state index in [2.05, 4.69) is 176 Å². The van der Waals surface area contributed by atoms with Crippen molar-refractivity contribution in [1.29, 1.82) is 0 Å². The lowest BCUT2D eigenvalue weighted by Crippen LogP contribution is -2.38. The first-order chi connectivity index (χ1) is 31.0. The third-order valence-corrected chi connectivity index (χ3v) is 9.39. The van der Waals surface area contributed by atoms with Crippen molar-refractivity contribution in [2.24, 2.45) is 11.3 Å². The zero-order valence-corrected chi connectivity index (χ0v) is 43.7. The molecule has 5 heteroatoms. The van der Waals surface area contributed by atoms with E-state index in [0.29, 0.717) is 23.4 Å². The molecule has 3 aromatic carbocycles. The third-order valence-electron chi connectivity index (χ3n) is 9.39. The Kier molecular flexibility index (Phi) is 39.7. The van der Waals surface area contributed by atoms with Gasteiger partial charge in [-0.3, -0.25) is 0 Å². The SMILES string of the molecule is C=C.C=C(C)C(CCCc1ccccc1)N/C(=C/C)C(C)NC.C=C=C(c1ccc(F)cc1)C(CCC)CCC.C=CC.C=CC(c1ccccc1)n1cnc(C)c1.CC.CC(C)(C)C. The predicted molar refractivity (Wildman–Crippen MR) is 291 cm³/mol. The molecule has 4 nitrogen and oxygen atoms in total. The van der Waals surface area contributed by atoms with Crippen molar-refractivity contribution in [3.8, 4) is 0 Å². The van der Waals surface area contributed by atoms with E-state index >= 15 is 0 Å². The van der Waals surface area contributed by atoms with Gasteiger partial charge in [-0.05, 0) is 114 Å². The molecule has 0 saturated carbocycles. The fourth-order valence-electron chi connectivity index (χ4n) is 6.33. The molecule has 360 valence electrons. The highest BCUT2D eigenvalue weighted by molar-refractivity contribution is 5.66. The summed E-state index contributed by atoms with van der Waals surface area (Å²) in [7, 11) is 1.99. The Labute approximate surface area is 400 Å². The number of aryl methyl sites for hydroxylation is 2. The topological polar surface area (TPSA) is 41.9 Å². The zero-order valence-electron chi connectivity index (χ0n) is 43.7. The van der Waals surface area contributed by atoms with Crippen LogP contribution in [0.4, 0.5) is 4.39 Å². The number of halogens is 1. The van der Waals surface area contributed by atoms with Gasteiger partial charge >= 0.3 is 0 Å². The number of allylic oxidation sites excluding steroid dienone is 4. The van der Waals surface area contributed by atoms with Crippen molar-refractivity contribution in [2.75, 3.05) is 7.05 Å². The molecule has 0 amide bonds. The van der Waals surface area contributed by atoms with Crippen LogP contribution in [0.25, 0.3) is 5.57 Å². The molecule has 0 aliphatic carbocycles. The van der Waals surface area contributed by atoms with Gasteiger partial charge in [-0.2, -0.15) is 0 Å². The normalized spacial score (nSPS) is 11.5. The van der Waals surface area contributed by atoms with Crippen molar-refractivity contribution >= 4 is 5.57 Å². The lowest BCUT2D eigenvalue weighted by molar-refractivity contribution is 0.469. The van der Waals surface area contributed by atoms with Gasteiger partial charge in [-0.25, -0.2) is 9.37 Å². The van der Waals surface area contributed by atoms with Gasteiger partial charge in [0.1, 0.15) is 5.82 Å². The van der Waals surface area contributed by atoms with E-state index in [1.165, 1.54) is 41.0 Å². The molecule has 4 aromatic rings. The molecular formula is C60H93FN4. The van der Waals surface area contributed by atoms with Crippen LogP contribution in [0.1, 0.15) is 150 Å². The lowest BCUT2D eigenvalue weighted by atomic mass is 9.86. The Morgan fingerprint density at radius 3 is 1.74 bits per heavy atom. The minimum absolute atomic E-state index is 0.174. The van der Waals surface area contributed by atoms with Crippen LogP contribution in [-0.4, -0.2) is 28.7 Å². The number of rotatable bonds is 18. The van der Waals surface area contributed by atoms with E-state index in [9.17, 15) is 4.39 Å². The average Bonchev–Trinajstić information content (AvgIpc) is 3.73. The van der Waals surface area contributed by atoms with Gasteiger partial charge in [0.05, 0.1) is 18.1 Å². The van der Waals surface area contributed by atoms with Gasteiger partial charge in [0.2, 0.25) is 0 Å². The predicted octanol–water partition coefficient (Wildman–Crippen LogP) is 17.3. The van der Waals surface area contributed by atoms with Crippen molar-refractivity contribution in [1.82, 2.24) is 20.2 Å². The van der Waals surface area contributed by atoms with Crippen LogP contribution in [0.5, 0.6) is 0 Å². The monoisotopic (exact) mass is 889 g/mol. The fraction of sp³-hybridized carbons (Fsp3) is 0.433. The second-order valence-electron chi connectivity index (χ2n) is 17.0. The third kappa shape index (κ3) is 31.3. The Balaban J connectivity index is -0.000000795. The Hall–Kier alpha value is -5.22. The van der Waals surface area contributed by atoms with Crippen LogP contribution in [0.2, 0.25) is 0 Å². The Morgan fingerprint density at radius 2 is 1.35 bits per heavy atom. The molecular weight excluding hydrogens is 796 g/mol.